The van der Waals surface area contributed by atoms with E-state index in [1.165, 1.54) is 6.07 Å². The quantitative estimate of drug-likeness (QED) is 0.890. The van der Waals surface area contributed by atoms with E-state index in [4.69, 9.17) is 16.3 Å². The van der Waals surface area contributed by atoms with Gasteiger partial charge in [-0.1, -0.05) is 54.1 Å². The molecule has 5 heteroatoms. The van der Waals surface area contributed by atoms with Crippen molar-refractivity contribution in [1.29, 1.82) is 0 Å². The highest BCUT2D eigenvalue weighted by molar-refractivity contribution is 6.29. The topological polar surface area (TPSA) is 55.2 Å². The zero-order valence-electron chi connectivity index (χ0n) is 11.7. The maximum atomic E-state index is 9.85. The van der Waals surface area contributed by atoms with Crippen molar-refractivity contribution in [3.05, 3.63) is 52.7 Å². The predicted octanol–water partition coefficient (Wildman–Crippen LogP) is 4.69. The maximum absolute atomic E-state index is 9.85. The molecule has 0 saturated heterocycles. The van der Waals surface area contributed by atoms with Gasteiger partial charge in [0.1, 0.15) is 5.75 Å². The van der Waals surface area contributed by atoms with E-state index in [0.717, 1.165) is 11.1 Å². The van der Waals surface area contributed by atoms with E-state index in [0.29, 0.717) is 5.75 Å². The van der Waals surface area contributed by atoms with Gasteiger partial charge in [-0.05, 0) is 13.8 Å². The largest absolute Gasteiger partial charge is 0.503 e. The molecule has 1 aromatic heterocycles. The normalized spacial score (nSPS) is 11.4. The first-order chi connectivity index (χ1) is 10.2. The Hall–Kier alpha value is -2.33. The molecule has 0 aliphatic heterocycles. The third-order valence-corrected chi connectivity index (χ3v) is 2.86. The highest BCUT2D eigenvalue weighted by atomic mass is 35.5. The first-order valence-corrected chi connectivity index (χ1v) is 6.82. The second kappa shape index (κ2) is 6.90. The number of allylic oxidation sites excluding steroid dienone is 2. The lowest BCUT2D eigenvalue weighted by Gasteiger charge is -2.12. The number of para-hydroxylation sites is 1. The van der Waals surface area contributed by atoms with Crippen molar-refractivity contribution in [2.75, 3.05) is 0 Å². The molecule has 1 heterocycles. The van der Waals surface area contributed by atoms with Crippen LogP contribution in [0.5, 0.6) is 17.4 Å². The van der Waals surface area contributed by atoms with Crippen LogP contribution >= 0.6 is 11.6 Å². The van der Waals surface area contributed by atoms with Crippen LogP contribution in [-0.2, 0) is 0 Å². The van der Waals surface area contributed by atoms with Crippen LogP contribution in [0.2, 0.25) is 5.15 Å². The van der Waals surface area contributed by atoms with Crippen LogP contribution in [0.4, 0.5) is 0 Å². The first kappa shape index (κ1) is 15.1. The van der Waals surface area contributed by atoms with E-state index < -0.39 is 0 Å². The van der Waals surface area contributed by atoms with Gasteiger partial charge in [-0.25, -0.2) is 0 Å². The number of halogens is 1. The molecule has 0 saturated carbocycles. The summed E-state index contributed by atoms with van der Waals surface area (Å²) in [5.74, 6) is 0.458. The molecule has 0 spiro atoms. The van der Waals surface area contributed by atoms with Crippen molar-refractivity contribution in [1.82, 2.24) is 10.2 Å². The highest BCUT2D eigenvalue weighted by Crippen LogP contribution is 2.34. The van der Waals surface area contributed by atoms with Gasteiger partial charge in [0.2, 0.25) is 0 Å². The van der Waals surface area contributed by atoms with E-state index in [2.05, 4.69) is 10.2 Å². The average molecular weight is 303 g/mol. The summed E-state index contributed by atoms with van der Waals surface area (Å²) in [5, 5.41) is 17.4. The number of hydrogen-bond donors (Lipinski definition) is 1. The molecular weight excluding hydrogens is 288 g/mol. The minimum atomic E-state index is -0.156. The molecule has 0 atom stereocenters. The number of ether oxygens (including phenoxy) is 1. The maximum Gasteiger partial charge on any atom is 0.281 e. The molecule has 0 aliphatic carbocycles. The number of aromatic hydroxyl groups is 1. The lowest BCUT2D eigenvalue weighted by atomic mass is 10.1. The van der Waals surface area contributed by atoms with Gasteiger partial charge in [0.25, 0.3) is 5.88 Å². The molecule has 4 nitrogen and oxygen atoms in total. The van der Waals surface area contributed by atoms with Crippen molar-refractivity contribution in [3.8, 4) is 17.4 Å². The molecule has 0 bridgehead atoms. The summed E-state index contributed by atoms with van der Waals surface area (Å²) in [4.78, 5) is 0. The molecule has 0 unspecified atom stereocenters. The minimum absolute atomic E-state index is 0.0158. The van der Waals surface area contributed by atoms with E-state index in [1.54, 1.807) is 0 Å². The van der Waals surface area contributed by atoms with E-state index in [-0.39, 0.29) is 16.8 Å². The summed E-state index contributed by atoms with van der Waals surface area (Å²) in [7, 11) is 0. The third kappa shape index (κ3) is 3.61. The Bertz CT molecular complexity index is 666. The van der Waals surface area contributed by atoms with Crippen LogP contribution in [0.1, 0.15) is 25.0 Å². The van der Waals surface area contributed by atoms with E-state index in [1.807, 2.05) is 56.4 Å². The van der Waals surface area contributed by atoms with Gasteiger partial charge in [0, 0.05) is 17.2 Å². The molecule has 0 radical (unpaired) electrons. The molecule has 2 rings (SSSR count). The van der Waals surface area contributed by atoms with Crippen LogP contribution in [0.15, 0.2) is 36.4 Å². The fourth-order valence-electron chi connectivity index (χ4n) is 1.83. The second-order valence-electron chi connectivity index (χ2n) is 4.23. The van der Waals surface area contributed by atoms with Gasteiger partial charge >= 0.3 is 0 Å². The number of benzene rings is 1. The Labute approximate surface area is 128 Å². The van der Waals surface area contributed by atoms with Gasteiger partial charge < -0.3 is 9.84 Å². The van der Waals surface area contributed by atoms with Crippen LogP contribution in [-0.4, -0.2) is 15.3 Å². The molecule has 108 valence electrons. The monoisotopic (exact) mass is 302 g/mol. The Kier molecular flexibility index (Phi) is 4.95. The van der Waals surface area contributed by atoms with Crippen molar-refractivity contribution in [2.45, 2.75) is 13.8 Å². The van der Waals surface area contributed by atoms with Gasteiger partial charge in [-0.15, -0.1) is 10.2 Å². The fraction of sp³-hybridized carbons (Fsp3) is 0.125. The minimum Gasteiger partial charge on any atom is -0.503 e. The molecule has 21 heavy (non-hydrogen) atoms. The lowest BCUT2D eigenvalue weighted by molar-refractivity contribution is 0.391. The van der Waals surface area contributed by atoms with Gasteiger partial charge in [0.15, 0.2) is 10.9 Å². The Morgan fingerprint density at radius 3 is 2.24 bits per heavy atom. The summed E-state index contributed by atoms with van der Waals surface area (Å²) in [6, 6.07) is 7.06. The molecule has 0 aliphatic rings. The number of hydrogen-bond acceptors (Lipinski definition) is 4. The first-order valence-electron chi connectivity index (χ1n) is 6.44. The Morgan fingerprint density at radius 1 is 1.10 bits per heavy atom. The zero-order chi connectivity index (χ0) is 15.2. The van der Waals surface area contributed by atoms with Crippen molar-refractivity contribution < 1.29 is 9.84 Å². The number of aromatic nitrogens is 2. The smallest absolute Gasteiger partial charge is 0.281 e. The Balaban J connectivity index is 2.50. The lowest BCUT2D eigenvalue weighted by Crippen LogP contribution is -1.95. The molecular formula is C16H15ClN2O2. The molecule has 0 fully saturated rings. The fourth-order valence-corrected chi connectivity index (χ4v) is 1.97. The highest BCUT2D eigenvalue weighted by Gasteiger charge is 2.12. The van der Waals surface area contributed by atoms with Crippen LogP contribution in [0, 0.1) is 0 Å². The average Bonchev–Trinajstić information content (AvgIpc) is 2.45. The standard InChI is InChI=1S/C16H15ClN2O2/c1-3-6-11-8-5-9-12(7-4-2)15(11)21-16-13(20)10-14(17)18-19-16/h3-10H,1-2H3,(H,18,20)/b6-3+,7-4+. The van der Waals surface area contributed by atoms with Crippen LogP contribution in [0.25, 0.3) is 12.2 Å². The molecule has 2 aromatic rings. The van der Waals surface area contributed by atoms with Crippen molar-refractivity contribution in [3.63, 3.8) is 0 Å². The SMILES string of the molecule is C/C=C/c1cccc(/C=C/C)c1Oc1nnc(Cl)cc1O. The number of nitrogens with zero attached hydrogens (tertiary/aromatic N) is 2. The summed E-state index contributed by atoms with van der Waals surface area (Å²) < 4.78 is 5.75. The number of rotatable bonds is 4. The van der Waals surface area contributed by atoms with Crippen molar-refractivity contribution in [2.24, 2.45) is 0 Å². The summed E-state index contributed by atoms with van der Waals surface area (Å²) in [5.41, 5.74) is 1.76. The predicted molar refractivity (Wildman–Crippen MR) is 84.6 cm³/mol. The third-order valence-electron chi connectivity index (χ3n) is 2.68. The second-order valence-corrected chi connectivity index (χ2v) is 4.61. The van der Waals surface area contributed by atoms with Gasteiger partial charge in [-0.3, -0.25) is 0 Å². The summed E-state index contributed by atoms with van der Waals surface area (Å²) in [6.45, 7) is 3.84. The van der Waals surface area contributed by atoms with Crippen molar-refractivity contribution >= 4 is 23.8 Å². The van der Waals surface area contributed by atoms with Crippen LogP contribution < -0.4 is 4.74 Å². The van der Waals surface area contributed by atoms with E-state index in [9.17, 15) is 5.11 Å². The van der Waals surface area contributed by atoms with Gasteiger partial charge in [-0.2, -0.15) is 0 Å². The molecule has 1 N–H and O–H groups in total. The zero-order valence-corrected chi connectivity index (χ0v) is 12.5. The van der Waals surface area contributed by atoms with Crippen LogP contribution in [0.3, 0.4) is 0 Å². The molecule has 1 aromatic carbocycles. The molecule has 0 amide bonds. The van der Waals surface area contributed by atoms with E-state index >= 15 is 0 Å². The summed E-state index contributed by atoms with van der Waals surface area (Å²) in [6.07, 6.45) is 7.66. The van der Waals surface area contributed by atoms with Gasteiger partial charge in [0.05, 0.1) is 0 Å². The Morgan fingerprint density at radius 2 is 1.71 bits per heavy atom. The summed E-state index contributed by atoms with van der Waals surface area (Å²) >= 11 is 5.67.